The molecule has 0 radical (unpaired) electrons. The lowest BCUT2D eigenvalue weighted by atomic mass is 10.0. The van der Waals surface area contributed by atoms with Gasteiger partial charge in [-0.1, -0.05) is 61.4 Å². The molecule has 0 N–H and O–H groups in total. The minimum atomic E-state index is -0.429. The lowest BCUT2D eigenvalue weighted by Gasteiger charge is -2.25. The number of esters is 1. The van der Waals surface area contributed by atoms with Gasteiger partial charge in [-0.05, 0) is 31.4 Å². The van der Waals surface area contributed by atoms with Gasteiger partial charge in [0.2, 0.25) is 11.5 Å². The third-order valence-corrected chi connectivity index (χ3v) is 5.24. The molecule has 0 aromatic heterocycles. The summed E-state index contributed by atoms with van der Waals surface area (Å²) in [5, 5.41) is 1.58. The highest BCUT2D eigenvalue weighted by Crippen LogP contribution is 2.53. The number of rotatable bonds is 8. The van der Waals surface area contributed by atoms with E-state index in [0.29, 0.717) is 23.0 Å². The molecule has 0 fully saturated rings. The predicted octanol–water partition coefficient (Wildman–Crippen LogP) is 6.32. The predicted molar refractivity (Wildman–Crippen MR) is 123 cm³/mol. The minimum absolute atomic E-state index is 0.160. The zero-order valence-corrected chi connectivity index (χ0v) is 19.1. The van der Waals surface area contributed by atoms with E-state index in [-0.39, 0.29) is 6.10 Å². The molecule has 3 aromatic carbocycles. The Morgan fingerprint density at radius 3 is 2.23 bits per heavy atom. The van der Waals surface area contributed by atoms with Gasteiger partial charge in [0.15, 0.2) is 11.5 Å². The molecule has 0 bridgehead atoms. The van der Waals surface area contributed by atoms with E-state index in [9.17, 15) is 4.79 Å². The minimum Gasteiger partial charge on any atom is -0.490 e. The number of carbonyl (C=O) groups is 1. The van der Waals surface area contributed by atoms with Crippen molar-refractivity contribution in [2.45, 2.75) is 46.6 Å². The van der Waals surface area contributed by atoms with Gasteiger partial charge in [-0.25, -0.2) is 0 Å². The Morgan fingerprint density at radius 2 is 1.61 bits per heavy atom. The molecule has 0 aliphatic heterocycles. The molecule has 5 heteroatoms. The van der Waals surface area contributed by atoms with Crippen molar-refractivity contribution in [3.05, 3.63) is 59.2 Å². The Hall–Kier alpha value is -3.21. The molecule has 3 rings (SSSR count). The van der Waals surface area contributed by atoms with E-state index >= 15 is 0 Å². The second kappa shape index (κ2) is 9.73. The standard InChI is InChI=1S/C26H30O5/c1-7-10-21(19-13-8-11-16(2)15-19)31-23-20-14-9-12-17(3)22(20)24(30-18(4)27)26(29-6)25(23)28-5/h8-9,11-15,21H,7,10H2,1-6H3. The van der Waals surface area contributed by atoms with Gasteiger partial charge in [0.1, 0.15) is 6.10 Å². The molecular formula is C26H30O5. The van der Waals surface area contributed by atoms with Crippen LogP contribution in [0.25, 0.3) is 10.8 Å². The first-order valence-electron chi connectivity index (χ1n) is 10.5. The van der Waals surface area contributed by atoms with E-state index in [1.165, 1.54) is 19.6 Å². The quantitative estimate of drug-likeness (QED) is 0.314. The fourth-order valence-corrected chi connectivity index (χ4v) is 3.90. The smallest absolute Gasteiger partial charge is 0.308 e. The molecule has 0 aliphatic rings. The van der Waals surface area contributed by atoms with Crippen LogP contribution in [0.5, 0.6) is 23.0 Å². The summed E-state index contributed by atoms with van der Waals surface area (Å²) in [7, 11) is 3.09. The maximum absolute atomic E-state index is 11.9. The van der Waals surface area contributed by atoms with Crippen LogP contribution in [0.1, 0.15) is 49.5 Å². The highest BCUT2D eigenvalue weighted by molar-refractivity contribution is 6.01. The summed E-state index contributed by atoms with van der Waals surface area (Å²) in [5.41, 5.74) is 3.23. The maximum atomic E-state index is 11.9. The number of benzene rings is 3. The van der Waals surface area contributed by atoms with Crippen molar-refractivity contribution in [2.24, 2.45) is 0 Å². The Morgan fingerprint density at radius 1 is 0.935 bits per heavy atom. The SMILES string of the molecule is CCCC(Oc1c(OC)c(OC)c(OC(C)=O)c2c(C)cccc12)c1cccc(C)c1. The van der Waals surface area contributed by atoms with E-state index in [1.54, 1.807) is 7.11 Å². The maximum Gasteiger partial charge on any atom is 0.308 e. The molecule has 0 heterocycles. The third-order valence-electron chi connectivity index (χ3n) is 5.24. The van der Waals surface area contributed by atoms with Gasteiger partial charge in [-0.15, -0.1) is 0 Å². The van der Waals surface area contributed by atoms with Gasteiger partial charge >= 0.3 is 5.97 Å². The normalized spacial score (nSPS) is 11.8. The van der Waals surface area contributed by atoms with Crippen LogP contribution < -0.4 is 18.9 Å². The van der Waals surface area contributed by atoms with Crippen LogP contribution in [-0.2, 0) is 4.79 Å². The fraction of sp³-hybridized carbons (Fsp3) is 0.346. The molecule has 164 valence electrons. The van der Waals surface area contributed by atoms with Crippen LogP contribution in [0.2, 0.25) is 0 Å². The van der Waals surface area contributed by atoms with Crippen molar-refractivity contribution in [1.82, 2.24) is 0 Å². The van der Waals surface area contributed by atoms with Gasteiger partial charge in [-0.3, -0.25) is 4.79 Å². The average Bonchev–Trinajstić information content (AvgIpc) is 2.74. The monoisotopic (exact) mass is 422 g/mol. The lowest BCUT2D eigenvalue weighted by molar-refractivity contribution is -0.131. The number of carbonyl (C=O) groups excluding carboxylic acids is 1. The molecular weight excluding hydrogens is 392 g/mol. The van der Waals surface area contributed by atoms with E-state index in [0.717, 1.165) is 34.7 Å². The summed E-state index contributed by atoms with van der Waals surface area (Å²) < 4.78 is 23.6. The molecule has 0 aliphatic carbocycles. The Bertz CT molecular complexity index is 1090. The van der Waals surface area contributed by atoms with Crippen molar-refractivity contribution >= 4 is 16.7 Å². The number of ether oxygens (including phenoxy) is 4. The summed E-state index contributed by atoms with van der Waals surface area (Å²) in [5.74, 6) is 1.24. The number of hydrogen-bond donors (Lipinski definition) is 0. The summed E-state index contributed by atoms with van der Waals surface area (Å²) in [6.07, 6.45) is 1.64. The number of hydrogen-bond acceptors (Lipinski definition) is 5. The Kier molecular flexibility index (Phi) is 7.06. The number of methoxy groups -OCH3 is 2. The van der Waals surface area contributed by atoms with Crippen LogP contribution in [0.3, 0.4) is 0 Å². The van der Waals surface area contributed by atoms with Crippen molar-refractivity contribution < 1.29 is 23.7 Å². The molecule has 31 heavy (non-hydrogen) atoms. The van der Waals surface area contributed by atoms with Gasteiger partial charge in [0.05, 0.1) is 14.2 Å². The first-order chi connectivity index (χ1) is 14.9. The van der Waals surface area contributed by atoms with Gasteiger partial charge in [-0.2, -0.15) is 0 Å². The highest BCUT2D eigenvalue weighted by atomic mass is 16.6. The largest absolute Gasteiger partial charge is 0.490 e. The van der Waals surface area contributed by atoms with Gasteiger partial charge in [0.25, 0.3) is 0 Å². The molecule has 0 saturated heterocycles. The van der Waals surface area contributed by atoms with Crippen LogP contribution >= 0.6 is 0 Å². The van der Waals surface area contributed by atoms with E-state index in [1.807, 2.05) is 31.2 Å². The highest BCUT2D eigenvalue weighted by Gasteiger charge is 2.27. The van der Waals surface area contributed by atoms with Crippen molar-refractivity contribution in [3.63, 3.8) is 0 Å². The molecule has 1 unspecified atom stereocenters. The summed E-state index contributed by atoms with van der Waals surface area (Å²) >= 11 is 0. The number of fused-ring (bicyclic) bond motifs is 1. The fourth-order valence-electron chi connectivity index (χ4n) is 3.90. The molecule has 0 amide bonds. The van der Waals surface area contributed by atoms with Crippen molar-refractivity contribution in [1.29, 1.82) is 0 Å². The Balaban J connectivity index is 2.28. The zero-order valence-electron chi connectivity index (χ0n) is 19.1. The van der Waals surface area contributed by atoms with Crippen LogP contribution in [0.15, 0.2) is 42.5 Å². The second-order valence-electron chi connectivity index (χ2n) is 7.63. The first-order valence-corrected chi connectivity index (χ1v) is 10.5. The average molecular weight is 423 g/mol. The third kappa shape index (κ3) is 4.61. The molecule has 0 saturated carbocycles. The molecule has 1 atom stereocenters. The van der Waals surface area contributed by atoms with E-state index in [2.05, 4.69) is 32.0 Å². The number of aryl methyl sites for hydroxylation is 2. The van der Waals surface area contributed by atoms with Crippen LogP contribution in [-0.4, -0.2) is 20.2 Å². The van der Waals surface area contributed by atoms with Crippen LogP contribution in [0.4, 0.5) is 0 Å². The van der Waals surface area contributed by atoms with Crippen molar-refractivity contribution in [2.75, 3.05) is 14.2 Å². The summed E-state index contributed by atoms with van der Waals surface area (Å²) in [4.78, 5) is 11.9. The van der Waals surface area contributed by atoms with Gasteiger partial charge < -0.3 is 18.9 Å². The topological polar surface area (TPSA) is 54.0 Å². The second-order valence-corrected chi connectivity index (χ2v) is 7.63. The van der Waals surface area contributed by atoms with Crippen LogP contribution in [0, 0.1) is 13.8 Å². The van der Waals surface area contributed by atoms with E-state index in [4.69, 9.17) is 18.9 Å². The van der Waals surface area contributed by atoms with Gasteiger partial charge in [0, 0.05) is 17.7 Å². The molecule has 5 nitrogen and oxygen atoms in total. The lowest BCUT2D eigenvalue weighted by Crippen LogP contribution is -2.11. The molecule has 3 aromatic rings. The Labute approximate surface area is 183 Å². The summed E-state index contributed by atoms with van der Waals surface area (Å²) in [6, 6.07) is 14.2. The summed E-state index contributed by atoms with van der Waals surface area (Å²) in [6.45, 7) is 7.54. The molecule has 0 spiro atoms. The van der Waals surface area contributed by atoms with Crippen molar-refractivity contribution in [3.8, 4) is 23.0 Å². The first kappa shape index (κ1) is 22.5. The zero-order chi connectivity index (χ0) is 22.5. The van der Waals surface area contributed by atoms with E-state index < -0.39 is 5.97 Å².